The molecule has 0 fully saturated rings. The second-order valence-corrected chi connectivity index (χ2v) is 8.57. The molecule has 0 saturated heterocycles. The van der Waals surface area contributed by atoms with Crippen LogP contribution in [0.4, 0.5) is 0 Å². The van der Waals surface area contributed by atoms with E-state index in [-0.39, 0.29) is 24.8 Å². The maximum absolute atomic E-state index is 3.38. The van der Waals surface area contributed by atoms with Crippen LogP contribution >= 0.6 is 0 Å². The van der Waals surface area contributed by atoms with Gasteiger partial charge >= 0.3 is 66.6 Å². The molecule has 3 heteroatoms. The Bertz CT molecular complexity index is 990. The molecule has 2 aliphatic rings. The van der Waals surface area contributed by atoms with E-state index in [0.717, 1.165) is 12.8 Å². The van der Waals surface area contributed by atoms with Gasteiger partial charge in [0.25, 0.3) is 0 Å². The number of fused-ring (bicyclic) bond motifs is 3. The van der Waals surface area contributed by atoms with Crippen LogP contribution < -0.4 is 24.8 Å². The van der Waals surface area contributed by atoms with Gasteiger partial charge in [-0.25, -0.2) is 12.2 Å². The fourth-order valence-corrected chi connectivity index (χ4v) is 3.60. The predicted molar refractivity (Wildman–Crippen MR) is 121 cm³/mol. The number of hydrogen-bond donors (Lipinski definition) is 0. The Kier molecular flexibility index (Phi) is 12.0. The Balaban J connectivity index is 0.000000258. The first-order valence-corrected chi connectivity index (χ1v) is 10.8. The minimum Gasteiger partial charge on any atom is -1.00 e. The molecule has 0 nitrogen and oxygen atoms in total. The second kappa shape index (κ2) is 13.7. The molecule has 0 spiro atoms. The fourth-order valence-electron chi connectivity index (χ4n) is 3.34. The molecule has 0 radical (unpaired) electrons. The average Bonchev–Trinajstić information content (AvgIpc) is 3.41. The van der Waals surface area contributed by atoms with Gasteiger partial charge in [0.1, 0.15) is 0 Å². The van der Waals surface area contributed by atoms with Crippen molar-refractivity contribution in [3.63, 3.8) is 0 Å². The van der Waals surface area contributed by atoms with E-state index in [4.69, 9.17) is 0 Å². The molecule has 0 saturated carbocycles. The minimum absolute atomic E-state index is 0. The van der Waals surface area contributed by atoms with Gasteiger partial charge in [-0.3, -0.25) is 6.08 Å². The molecule has 0 bridgehead atoms. The average molecular weight is 481 g/mol. The van der Waals surface area contributed by atoms with E-state index >= 15 is 0 Å². The van der Waals surface area contributed by atoms with Crippen molar-refractivity contribution in [3.8, 4) is 11.1 Å². The molecular formula is C28H26Cl2Ti-2. The molecule has 0 amide bonds. The van der Waals surface area contributed by atoms with E-state index < -0.39 is 0 Å². The first-order chi connectivity index (χ1) is 14.0. The Morgan fingerprint density at radius 2 is 1.61 bits per heavy atom. The van der Waals surface area contributed by atoms with E-state index in [2.05, 4.69) is 114 Å². The monoisotopic (exact) mass is 480 g/mol. The number of halogens is 2. The van der Waals surface area contributed by atoms with Gasteiger partial charge in [-0.1, -0.05) is 41.8 Å². The summed E-state index contributed by atoms with van der Waals surface area (Å²) in [4.78, 5) is 0. The van der Waals surface area contributed by atoms with E-state index in [1.165, 1.54) is 42.8 Å². The first kappa shape index (κ1) is 27.3. The zero-order valence-corrected chi connectivity index (χ0v) is 21.2. The van der Waals surface area contributed by atoms with Crippen molar-refractivity contribution in [1.82, 2.24) is 0 Å². The normalized spacial score (nSPS) is 11.5. The molecule has 3 aromatic carbocycles. The third-order valence-electron chi connectivity index (χ3n) is 4.89. The van der Waals surface area contributed by atoms with Crippen LogP contribution in [0.15, 0.2) is 78.9 Å². The molecule has 5 rings (SSSR count). The van der Waals surface area contributed by atoms with Crippen LogP contribution in [-0.4, -0.2) is 3.81 Å². The predicted octanol–water partition coefficient (Wildman–Crippen LogP) is 0.762. The van der Waals surface area contributed by atoms with Gasteiger partial charge < -0.3 is 24.8 Å². The SMILES string of the molecule is C[C](=[Ti+2])c1ccccc1.Cc1c[c-]c2c(c1)-c1cc(C)ccc1C2.[C-]1=CC=CC1.[Cl-].[Cl-]. The summed E-state index contributed by atoms with van der Waals surface area (Å²) in [5.41, 5.74) is 9.54. The molecule has 0 heterocycles. The topological polar surface area (TPSA) is 0 Å². The molecule has 158 valence electrons. The van der Waals surface area contributed by atoms with Crippen molar-refractivity contribution in [3.05, 3.63) is 119 Å². The van der Waals surface area contributed by atoms with Crippen LogP contribution in [0.5, 0.6) is 0 Å². The Hall–Kier alpha value is -1.70. The summed E-state index contributed by atoms with van der Waals surface area (Å²) in [6.07, 6.45) is 11.0. The number of hydrogen-bond acceptors (Lipinski definition) is 0. The summed E-state index contributed by atoms with van der Waals surface area (Å²) in [5.74, 6) is 0. The first-order valence-electron chi connectivity index (χ1n) is 9.98. The molecular weight excluding hydrogens is 455 g/mol. The van der Waals surface area contributed by atoms with Crippen molar-refractivity contribution < 1.29 is 44.8 Å². The van der Waals surface area contributed by atoms with Crippen LogP contribution in [0.25, 0.3) is 11.1 Å². The molecule has 2 aliphatic carbocycles. The van der Waals surface area contributed by atoms with Gasteiger partial charge in [0, 0.05) is 0 Å². The van der Waals surface area contributed by atoms with Gasteiger partial charge in [-0.2, -0.15) is 35.4 Å². The van der Waals surface area contributed by atoms with Gasteiger partial charge in [0.05, 0.1) is 0 Å². The van der Waals surface area contributed by atoms with Crippen molar-refractivity contribution in [2.24, 2.45) is 0 Å². The number of benzene rings is 3. The molecule has 31 heavy (non-hydrogen) atoms. The summed E-state index contributed by atoms with van der Waals surface area (Å²) < 4.78 is 1.37. The summed E-state index contributed by atoms with van der Waals surface area (Å²) >= 11 is 2.12. The van der Waals surface area contributed by atoms with E-state index in [9.17, 15) is 0 Å². The largest absolute Gasteiger partial charge is 1.00 e. The maximum Gasteiger partial charge on any atom is -0.0253 e. The summed E-state index contributed by atoms with van der Waals surface area (Å²) in [6, 6.07) is 24.9. The Morgan fingerprint density at radius 1 is 0.903 bits per heavy atom. The number of aryl methyl sites for hydroxylation is 2. The molecule has 0 unspecified atom stereocenters. The van der Waals surface area contributed by atoms with Crippen LogP contribution in [-0.2, 0) is 26.4 Å². The number of rotatable bonds is 1. The summed E-state index contributed by atoms with van der Waals surface area (Å²) in [6.45, 7) is 6.40. The molecule has 0 aliphatic heterocycles. The third-order valence-corrected chi connectivity index (χ3v) is 5.34. The zero-order valence-electron chi connectivity index (χ0n) is 18.2. The van der Waals surface area contributed by atoms with Crippen molar-refractivity contribution >= 4 is 3.81 Å². The smallest absolute Gasteiger partial charge is 0.0253 e. The van der Waals surface area contributed by atoms with E-state index in [1.807, 2.05) is 18.2 Å². The van der Waals surface area contributed by atoms with E-state index in [1.54, 1.807) is 0 Å². The number of allylic oxidation sites excluding steroid dienone is 4. The quantitative estimate of drug-likeness (QED) is 0.279. The van der Waals surface area contributed by atoms with Crippen LogP contribution in [0.2, 0.25) is 0 Å². The molecule has 3 aromatic rings. The summed E-state index contributed by atoms with van der Waals surface area (Å²) in [5, 5.41) is 0. The van der Waals surface area contributed by atoms with Crippen LogP contribution in [0.1, 0.15) is 41.2 Å². The Morgan fingerprint density at radius 3 is 2.16 bits per heavy atom. The Labute approximate surface area is 211 Å². The van der Waals surface area contributed by atoms with Crippen molar-refractivity contribution in [2.75, 3.05) is 0 Å². The van der Waals surface area contributed by atoms with Gasteiger partial charge in [-0.15, -0.1) is 12.0 Å². The molecule has 0 atom stereocenters. The van der Waals surface area contributed by atoms with Crippen LogP contribution in [0.3, 0.4) is 0 Å². The minimum atomic E-state index is 0. The molecule has 0 aromatic heterocycles. The van der Waals surface area contributed by atoms with Crippen molar-refractivity contribution in [1.29, 1.82) is 0 Å². The third kappa shape index (κ3) is 8.06. The van der Waals surface area contributed by atoms with Gasteiger partial charge in [0.2, 0.25) is 0 Å². The maximum atomic E-state index is 3.38. The second-order valence-electron chi connectivity index (χ2n) is 7.40. The fraction of sp³-hybridized carbons (Fsp3) is 0.179. The zero-order chi connectivity index (χ0) is 20.6. The van der Waals surface area contributed by atoms with Crippen molar-refractivity contribution in [2.45, 2.75) is 33.6 Å². The van der Waals surface area contributed by atoms with Gasteiger partial charge in [0.15, 0.2) is 0 Å². The molecule has 0 N–H and O–H groups in total. The standard InChI is InChI=1S/C15H13.C8H8.C5H5.2ClH.Ti/c1-10-3-5-12-9-13-6-4-11(2)8-15(13)14(12)7-10;1-2-8-6-4-3-5-7-8;1-2-4-5-3-1;;;/h3-5,7-8H,9H2,1-2H3;3-7H,1H3;1-3H,4H2;2*1H;/q-1;;-1;;;+2/p-2. The van der Waals surface area contributed by atoms with Crippen LogP contribution in [0, 0.1) is 26.0 Å². The summed E-state index contributed by atoms with van der Waals surface area (Å²) in [7, 11) is 0. The van der Waals surface area contributed by atoms with E-state index in [0.29, 0.717) is 0 Å². The van der Waals surface area contributed by atoms with Gasteiger partial charge in [-0.05, 0) is 13.3 Å².